The van der Waals surface area contributed by atoms with Crippen molar-refractivity contribution < 1.29 is 9.90 Å². The van der Waals surface area contributed by atoms with Crippen LogP contribution in [0.5, 0.6) is 0 Å². The highest BCUT2D eigenvalue weighted by atomic mass is 32.1. The SMILES string of the molecule is O=C(O)CC1CN(Cc2csc(-c3ccccn3)n2)C1. The Morgan fingerprint density at radius 2 is 2.30 bits per heavy atom. The van der Waals surface area contributed by atoms with Gasteiger partial charge in [0.1, 0.15) is 5.01 Å². The third-order valence-electron chi connectivity index (χ3n) is 3.32. The van der Waals surface area contributed by atoms with E-state index in [-0.39, 0.29) is 6.42 Å². The van der Waals surface area contributed by atoms with Crippen LogP contribution in [0.1, 0.15) is 12.1 Å². The monoisotopic (exact) mass is 289 g/mol. The lowest BCUT2D eigenvalue weighted by molar-refractivity contribution is -0.139. The van der Waals surface area contributed by atoms with Crippen LogP contribution >= 0.6 is 11.3 Å². The van der Waals surface area contributed by atoms with Gasteiger partial charge >= 0.3 is 5.97 Å². The van der Waals surface area contributed by atoms with Crippen molar-refractivity contribution in [3.63, 3.8) is 0 Å². The second-order valence-corrected chi connectivity index (χ2v) is 5.88. The first-order valence-electron chi connectivity index (χ1n) is 6.50. The molecular formula is C14H15N3O2S. The number of aliphatic carboxylic acids is 1. The van der Waals surface area contributed by atoms with Crippen molar-refractivity contribution in [3.8, 4) is 10.7 Å². The van der Waals surface area contributed by atoms with Crippen molar-refractivity contribution in [1.82, 2.24) is 14.9 Å². The highest BCUT2D eigenvalue weighted by molar-refractivity contribution is 7.13. The lowest BCUT2D eigenvalue weighted by atomic mass is 9.96. The highest BCUT2D eigenvalue weighted by Gasteiger charge is 2.28. The number of hydrogen-bond acceptors (Lipinski definition) is 5. The maximum Gasteiger partial charge on any atom is 0.303 e. The van der Waals surface area contributed by atoms with E-state index in [1.807, 2.05) is 18.2 Å². The number of hydrogen-bond donors (Lipinski definition) is 1. The van der Waals surface area contributed by atoms with E-state index in [1.165, 1.54) is 0 Å². The van der Waals surface area contributed by atoms with Gasteiger partial charge in [0.25, 0.3) is 0 Å². The van der Waals surface area contributed by atoms with Gasteiger partial charge in [-0.2, -0.15) is 0 Å². The van der Waals surface area contributed by atoms with E-state index in [0.29, 0.717) is 5.92 Å². The van der Waals surface area contributed by atoms with Gasteiger partial charge in [0.05, 0.1) is 17.8 Å². The third-order valence-corrected chi connectivity index (χ3v) is 4.23. The van der Waals surface area contributed by atoms with Gasteiger partial charge in [-0.15, -0.1) is 11.3 Å². The Labute approximate surface area is 120 Å². The standard InChI is InChI=1S/C14H15N3O2S/c18-13(19)5-10-6-17(7-10)8-11-9-20-14(16-11)12-3-1-2-4-15-12/h1-4,9-10H,5-8H2,(H,18,19). The number of likely N-dealkylation sites (tertiary alicyclic amines) is 1. The van der Waals surface area contributed by atoms with Crippen LogP contribution in [0.25, 0.3) is 10.7 Å². The van der Waals surface area contributed by atoms with Crippen molar-refractivity contribution in [2.75, 3.05) is 13.1 Å². The zero-order valence-corrected chi connectivity index (χ0v) is 11.7. The van der Waals surface area contributed by atoms with Gasteiger partial charge in [0.2, 0.25) is 0 Å². The molecule has 1 aliphatic heterocycles. The predicted octanol–water partition coefficient (Wildman–Crippen LogP) is 2.11. The number of thiazole rings is 1. The van der Waals surface area contributed by atoms with E-state index in [4.69, 9.17) is 5.11 Å². The minimum atomic E-state index is -0.708. The zero-order valence-electron chi connectivity index (χ0n) is 10.9. The second-order valence-electron chi connectivity index (χ2n) is 5.02. The molecule has 0 spiro atoms. The lowest BCUT2D eigenvalue weighted by Gasteiger charge is -2.38. The molecule has 0 amide bonds. The number of rotatable bonds is 5. The van der Waals surface area contributed by atoms with E-state index in [9.17, 15) is 4.79 Å². The molecule has 6 heteroatoms. The van der Waals surface area contributed by atoms with Crippen LogP contribution in [0.15, 0.2) is 29.8 Å². The first-order chi connectivity index (χ1) is 9.70. The molecule has 0 bridgehead atoms. The normalized spacial score (nSPS) is 16.0. The van der Waals surface area contributed by atoms with Crippen molar-refractivity contribution in [3.05, 3.63) is 35.5 Å². The van der Waals surface area contributed by atoms with Crippen LogP contribution in [0.3, 0.4) is 0 Å². The smallest absolute Gasteiger partial charge is 0.303 e. The maximum atomic E-state index is 10.6. The Hall–Kier alpha value is -1.79. The van der Waals surface area contributed by atoms with Crippen molar-refractivity contribution in [2.24, 2.45) is 5.92 Å². The van der Waals surface area contributed by atoms with E-state index >= 15 is 0 Å². The van der Waals surface area contributed by atoms with E-state index < -0.39 is 5.97 Å². The maximum absolute atomic E-state index is 10.6. The summed E-state index contributed by atoms with van der Waals surface area (Å²) < 4.78 is 0. The molecule has 104 valence electrons. The molecule has 1 saturated heterocycles. The van der Waals surface area contributed by atoms with Crippen molar-refractivity contribution in [1.29, 1.82) is 0 Å². The summed E-state index contributed by atoms with van der Waals surface area (Å²) in [4.78, 5) is 21.7. The molecule has 2 aromatic rings. The van der Waals surface area contributed by atoms with Gasteiger partial charge in [-0.05, 0) is 18.1 Å². The van der Waals surface area contributed by atoms with E-state index in [1.54, 1.807) is 17.5 Å². The molecule has 0 unspecified atom stereocenters. The van der Waals surface area contributed by atoms with Crippen LogP contribution in [-0.4, -0.2) is 39.0 Å². The lowest BCUT2D eigenvalue weighted by Crippen LogP contribution is -2.46. The van der Waals surface area contributed by atoms with Crippen molar-refractivity contribution in [2.45, 2.75) is 13.0 Å². The summed E-state index contributed by atoms with van der Waals surface area (Å²) in [6, 6.07) is 5.80. The molecule has 1 N–H and O–H groups in total. The highest BCUT2D eigenvalue weighted by Crippen LogP contribution is 2.25. The number of aromatic nitrogens is 2. The molecular weight excluding hydrogens is 274 g/mol. The van der Waals surface area contributed by atoms with E-state index in [0.717, 1.165) is 36.0 Å². The summed E-state index contributed by atoms with van der Waals surface area (Å²) in [6.45, 7) is 2.49. The van der Waals surface area contributed by atoms with Gasteiger partial charge in [-0.3, -0.25) is 14.7 Å². The summed E-state index contributed by atoms with van der Waals surface area (Å²) in [5.41, 5.74) is 1.93. The van der Waals surface area contributed by atoms with Gasteiger partial charge in [-0.25, -0.2) is 4.98 Å². The predicted molar refractivity (Wildman–Crippen MR) is 76.4 cm³/mol. The summed E-state index contributed by atoms with van der Waals surface area (Å²) in [5.74, 6) is -0.415. The number of carbonyl (C=O) groups is 1. The molecule has 2 aromatic heterocycles. The Morgan fingerprint density at radius 1 is 1.45 bits per heavy atom. The molecule has 1 fully saturated rings. The molecule has 0 aromatic carbocycles. The molecule has 3 heterocycles. The fraction of sp³-hybridized carbons (Fsp3) is 0.357. The van der Waals surface area contributed by atoms with Gasteiger partial charge in [0.15, 0.2) is 0 Å². The minimum Gasteiger partial charge on any atom is -0.481 e. The third kappa shape index (κ3) is 3.02. The second kappa shape index (κ2) is 5.68. The minimum absolute atomic E-state index is 0.271. The summed E-state index contributed by atoms with van der Waals surface area (Å²) in [7, 11) is 0. The first kappa shape index (κ1) is 13.2. The Kier molecular flexibility index (Phi) is 3.75. The topological polar surface area (TPSA) is 66.3 Å². The summed E-state index contributed by atoms with van der Waals surface area (Å²) in [6.07, 6.45) is 2.04. The average Bonchev–Trinajstić information content (AvgIpc) is 2.85. The Balaban J connectivity index is 1.56. The number of nitrogens with zero attached hydrogens (tertiary/aromatic N) is 3. The number of carboxylic acids is 1. The molecule has 0 saturated carbocycles. The zero-order chi connectivity index (χ0) is 13.9. The van der Waals surface area contributed by atoms with Gasteiger partial charge in [-0.1, -0.05) is 6.07 Å². The fourth-order valence-electron chi connectivity index (χ4n) is 2.40. The summed E-state index contributed by atoms with van der Waals surface area (Å²) in [5, 5.41) is 11.7. The molecule has 20 heavy (non-hydrogen) atoms. The van der Waals surface area contributed by atoms with Gasteiger partial charge < -0.3 is 5.11 Å². The Morgan fingerprint density at radius 3 is 3.00 bits per heavy atom. The van der Waals surface area contributed by atoms with Crippen LogP contribution < -0.4 is 0 Å². The van der Waals surface area contributed by atoms with E-state index in [2.05, 4.69) is 20.2 Å². The fourth-order valence-corrected chi connectivity index (χ4v) is 3.18. The molecule has 5 nitrogen and oxygen atoms in total. The largest absolute Gasteiger partial charge is 0.481 e. The molecule has 0 aliphatic carbocycles. The summed E-state index contributed by atoms with van der Waals surface area (Å²) >= 11 is 1.60. The molecule has 3 rings (SSSR count). The Bertz CT molecular complexity index is 593. The van der Waals surface area contributed by atoms with Crippen LogP contribution in [0.2, 0.25) is 0 Å². The average molecular weight is 289 g/mol. The van der Waals surface area contributed by atoms with Crippen molar-refractivity contribution >= 4 is 17.3 Å². The first-order valence-corrected chi connectivity index (χ1v) is 7.38. The number of carboxylic acid groups (broad SMARTS) is 1. The van der Waals surface area contributed by atoms with Crippen LogP contribution in [0, 0.1) is 5.92 Å². The van der Waals surface area contributed by atoms with Crippen LogP contribution in [0.4, 0.5) is 0 Å². The molecule has 1 aliphatic rings. The molecule has 0 radical (unpaired) electrons. The van der Waals surface area contributed by atoms with Gasteiger partial charge in [0, 0.05) is 31.2 Å². The van der Waals surface area contributed by atoms with Crippen LogP contribution in [-0.2, 0) is 11.3 Å². The molecule has 0 atom stereocenters. The quantitative estimate of drug-likeness (QED) is 0.913. The number of pyridine rings is 1.